The highest BCUT2D eigenvalue weighted by atomic mass is 79.9. The Balaban J connectivity index is 3.27. The zero-order valence-corrected chi connectivity index (χ0v) is 11.5. The standard InChI is InChI=1S/C11H10BrF6NO/c12-7-1-2-8(11(16,17)18)9(5-7)19(3-4-20)6-10(13,14)15/h1-2,5,20H,3-4,6H2. The van der Waals surface area contributed by atoms with Gasteiger partial charge < -0.3 is 10.0 Å². The maximum atomic E-state index is 12.8. The van der Waals surface area contributed by atoms with Gasteiger partial charge in [0.25, 0.3) is 0 Å². The van der Waals surface area contributed by atoms with Gasteiger partial charge in [0.15, 0.2) is 0 Å². The third-order valence-electron chi connectivity index (χ3n) is 2.35. The van der Waals surface area contributed by atoms with Crippen molar-refractivity contribution in [2.75, 3.05) is 24.6 Å². The summed E-state index contributed by atoms with van der Waals surface area (Å²) in [5, 5.41) is 8.76. The van der Waals surface area contributed by atoms with Crippen LogP contribution in [0.1, 0.15) is 5.56 Å². The fourth-order valence-corrected chi connectivity index (χ4v) is 1.98. The van der Waals surface area contributed by atoms with E-state index in [4.69, 9.17) is 5.11 Å². The Morgan fingerprint density at radius 3 is 2.15 bits per heavy atom. The van der Waals surface area contributed by atoms with Gasteiger partial charge in [0.05, 0.1) is 17.9 Å². The molecule has 1 aromatic rings. The lowest BCUT2D eigenvalue weighted by Crippen LogP contribution is -2.37. The molecular weight excluding hydrogens is 356 g/mol. The molecule has 20 heavy (non-hydrogen) atoms. The molecule has 0 aromatic heterocycles. The van der Waals surface area contributed by atoms with E-state index in [-0.39, 0.29) is 4.47 Å². The number of aliphatic hydroxyl groups excluding tert-OH is 1. The average molecular weight is 366 g/mol. The van der Waals surface area contributed by atoms with Crippen molar-refractivity contribution < 1.29 is 31.4 Å². The molecule has 0 unspecified atom stereocenters. The summed E-state index contributed by atoms with van der Waals surface area (Å²) in [6.45, 7) is -2.83. The minimum atomic E-state index is -4.78. The molecule has 9 heteroatoms. The van der Waals surface area contributed by atoms with Crippen LogP contribution in [-0.2, 0) is 6.18 Å². The average Bonchev–Trinajstić information content (AvgIpc) is 2.24. The number of aliphatic hydroxyl groups is 1. The molecule has 114 valence electrons. The van der Waals surface area contributed by atoms with Crippen LogP contribution in [0.5, 0.6) is 0 Å². The number of hydrogen-bond acceptors (Lipinski definition) is 2. The van der Waals surface area contributed by atoms with Crippen LogP contribution in [-0.4, -0.2) is 31.0 Å². The minimum absolute atomic E-state index is 0.214. The number of rotatable bonds is 4. The van der Waals surface area contributed by atoms with Crippen LogP contribution < -0.4 is 4.90 Å². The predicted octanol–water partition coefficient (Wildman–Crippen LogP) is 3.83. The minimum Gasteiger partial charge on any atom is -0.395 e. The molecule has 0 heterocycles. The molecule has 0 aliphatic heterocycles. The molecular formula is C11H10BrF6NO. The largest absolute Gasteiger partial charge is 0.418 e. The van der Waals surface area contributed by atoms with Gasteiger partial charge in [0.1, 0.15) is 6.54 Å². The molecule has 1 rings (SSSR count). The first-order valence-electron chi connectivity index (χ1n) is 5.34. The summed E-state index contributed by atoms with van der Waals surface area (Å²) in [4.78, 5) is 0.452. The molecule has 0 radical (unpaired) electrons. The number of alkyl halides is 6. The first-order valence-corrected chi connectivity index (χ1v) is 6.13. The van der Waals surface area contributed by atoms with E-state index in [1.54, 1.807) is 0 Å². The normalized spacial score (nSPS) is 12.6. The lowest BCUT2D eigenvalue weighted by molar-refractivity contribution is -0.138. The van der Waals surface area contributed by atoms with Crippen molar-refractivity contribution in [3.63, 3.8) is 0 Å². The number of benzene rings is 1. The van der Waals surface area contributed by atoms with Gasteiger partial charge in [-0.3, -0.25) is 0 Å². The van der Waals surface area contributed by atoms with Crippen molar-refractivity contribution in [3.8, 4) is 0 Å². The van der Waals surface area contributed by atoms with E-state index in [2.05, 4.69) is 15.9 Å². The lowest BCUT2D eigenvalue weighted by atomic mass is 10.1. The highest BCUT2D eigenvalue weighted by molar-refractivity contribution is 9.10. The monoisotopic (exact) mass is 365 g/mol. The van der Waals surface area contributed by atoms with Crippen molar-refractivity contribution in [3.05, 3.63) is 28.2 Å². The summed E-state index contributed by atoms with van der Waals surface area (Å²) in [7, 11) is 0. The molecule has 0 saturated heterocycles. The number of halogens is 7. The highest BCUT2D eigenvalue weighted by Crippen LogP contribution is 2.38. The van der Waals surface area contributed by atoms with E-state index in [1.807, 2.05) is 0 Å². The summed E-state index contributed by atoms with van der Waals surface area (Å²) in [5.41, 5.74) is -1.81. The van der Waals surface area contributed by atoms with Crippen LogP contribution in [0.3, 0.4) is 0 Å². The lowest BCUT2D eigenvalue weighted by Gasteiger charge is -2.28. The van der Waals surface area contributed by atoms with Crippen molar-refractivity contribution in [1.82, 2.24) is 0 Å². The Morgan fingerprint density at radius 2 is 1.70 bits per heavy atom. The molecule has 0 bridgehead atoms. The Morgan fingerprint density at radius 1 is 1.10 bits per heavy atom. The Kier molecular flexibility index (Phi) is 5.31. The quantitative estimate of drug-likeness (QED) is 0.819. The first-order chi connectivity index (χ1) is 9.04. The smallest absolute Gasteiger partial charge is 0.395 e. The summed E-state index contributed by atoms with van der Waals surface area (Å²) in [6, 6.07) is 2.74. The van der Waals surface area contributed by atoms with Gasteiger partial charge in [-0.2, -0.15) is 26.3 Å². The topological polar surface area (TPSA) is 23.5 Å². The summed E-state index contributed by atoms with van der Waals surface area (Å²) >= 11 is 2.92. The van der Waals surface area contributed by atoms with Gasteiger partial charge in [0.2, 0.25) is 0 Å². The summed E-state index contributed by atoms with van der Waals surface area (Å²) in [6.07, 6.45) is -9.46. The third kappa shape index (κ3) is 4.86. The molecule has 1 N–H and O–H groups in total. The Hall–Kier alpha value is -0.960. The zero-order chi connectivity index (χ0) is 15.6. The van der Waals surface area contributed by atoms with E-state index in [1.165, 1.54) is 0 Å². The molecule has 0 saturated carbocycles. The van der Waals surface area contributed by atoms with E-state index in [0.717, 1.165) is 12.1 Å². The van der Waals surface area contributed by atoms with Crippen LogP contribution in [0, 0.1) is 0 Å². The number of hydrogen-bond donors (Lipinski definition) is 1. The second-order valence-corrected chi connectivity index (χ2v) is 4.84. The molecule has 1 aromatic carbocycles. The molecule has 0 atom stereocenters. The van der Waals surface area contributed by atoms with Crippen molar-refractivity contribution in [1.29, 1.82) is 0 Å². The van der Waals surface area contributed by atoms with Crippen LogP contribution in [0.4, 0.5) is 32.0 Å². The second kappa shape index (κ2) is 6.21. The fraction of sp³-hybridized carbons (Fsp3) is 0.455. The van der Waals surface area contributed by atoms with Crippen LogP contribution in [0.25, 0.3) is 0 Å². The molecule has 0 aliphatic rings. The van der Waals surface area contributed by atoms with Crippen molar-refractivity contribution in [2.24, 2.45) is 0 Å². The molecule has 2 nitrogen and oxygen atoms in total. The van der Waals surface area contributed by atoms with E-state index in [0.29, 0.717) is 11.0 Å². The maximum absolute atomic E-state index is 12.8. The van der Waals surface area contributed by atoms with Gasteiger partial charge in [-0.1, -0.05) is 15.9 Å². The summed E-state index contributed by atoms with van der Waals surface area (Å²) < 4.78 is 76.0. The predicted molar refractivity (Wildman–Crippen MR) is 64.5 cm³/mol. The zero-order valence-electron chi connectivity index (χ0n) is 9.89. The van der Waals surface area contributed by atoms with Gasteiger partial charge >= 0.3 is 12.4 Å². The third-order valence-corrected chi connectivity index (χ3v) is 2.84. The Bertz CT molecular complexity index is 459. The number of nitrogens with zero attached hydrogens (tertiary/aromatic N) is 1. The van der Waals surface area contributed by atoms with E-state index >= 15 is 0 Å². The number of anilines is 1. The Labute approximate surface area is 119 Å². The van der Waals surface area contributed by atoms with Gasteiger partial charge in [-0.15, -0.1) is 0 Å². The SMILES string of the molecule is OCCN(CC(F)(F)F)c1cc(Br)ccc1C(F)(F)F. The van der Waals surface area contributed by atoms with Crippen LogP contribution in [0.2, 0.25) is 0 Å². The van der Waals surface area contributed by atoms with E-state index < -0.39 is 43.3 Å². The highest BCUT2D eigenvalue weighted by Gasteiger charge is 2.37. The molecule has 0 amide bonds. The van der Waals surface area contributed by atoms with Crippen molar-refractivity contribution in [2.45, 2.75) is 12.4 Å². The molecule has 0 spiro atoms. The first kappa shape index (κ1) is 17.1. The summed E-state index contributed by atoms with van der Waals surface area (Å²) in [5.74, 6) is 0. The maximum Gasteiger partial charge on any atom is 0.418 e. The molecule has 0 aliphatic carbocycles. The van der Waals surface area contributed by atoms with Gasteiger partial charge in [-0.25, -0.2) is 0 Å². The van der Waals surface area contributed by atoms with Crippen LogP contribution >= 0.6 is 15.9 Å². The van der Waals surface area contributed by atoms with Gasteiger partial charge in [0, 0.05) is 11.0 Å². The fourth-order valence-electron chi connectivity index (χ4n) is 1.63. The van der Waals surface area contributed by atoms with Gasteiger partial charge in [-0.05, 0) is 18.2 Å². The molecule has 0 fully saturated rings. The van der Waals surface area contributed by atoms with Crippen LogP contribution in [0.15, 0.2) is 22.7 Å². The van der Waals surface area contributed by atoms with E-state index in [9.17, 15) is 26.3 Å². The second-order valence-electron chi connectivity index (χ2n) is 3.92. The van der Waals surface area contributed by atoms with Crippen molar-refractivity contribution >= 4 is 21.6 Å².